The Morgan fingerprint density at radius 3 is 2.46 bits per heavy atom. The van der Waals surface area contributed by atoms with E-state index in [0.29, 0.717) is 16.7 Å². The summed E-state index contributed by atoms with van der Waals surface area (Å²) >= 11 is 0. The van der Waals surface area contributed by atoms with Gasteiger partial charge in [0.2, 0.25) is 0 Å². The molecule has 6 nitrogen and oxygen atoms in total. The predicted molar refractivity (Wildman–Crippen MR) is 150 cm³/mol. The normalized spacial score (nSPS) is 11.6. The van der Waals surface area contributed by atoms with Crippen molar-refractivity contribution >= 4 is 17.1 Å². The van der Waals surface area contributed by atoms with Gasteiger partial charge in [0.15, 0.2) is 5.82 Å². The third kappa shape index (κ3) is 4.58. The number of rotatable bonds is 6. The summed E-state index contributed by atoms with van der Waals surface area (Å²) in [6.07, 6.45) is 3.69. The van der Waals surface area contributed by atoms with Crippen molar-refractivity contribution in [2.24, 2.45) is 5.10 Å². The summed E-state index contributed by atoms with van der Waals surface area (Å²) in [5.74, 6) is 1.55. The molecular formula is C31H30N4O2. The second kappa shape index (κ2) is 9.90. The van der Waals surface area contributed by atoms with Crippen molar-refractivity contribution in [1.29, 1.82) is 0 Å². The monoisotopic (exact) mass is 490 g/mol. The van der Waals surface area contributed by atoms with E-state index in [-0.39, 0.29) is 11.5 Å². The lowest BCUT2D eigenvalue weighted by Gasteiger charge is -2.17. The van der Waals surface area contributed by atoms with Gasteiger partial charge >= 0.3 is 0 Å². The van der Waals surface area contributed by atoms with E-state index in [4.69, 9.17) is 14.8 Å². The molecule has 3 aromatic carbocycles. The minimum atomic E-state index is -0.216. The molecule has 0 unspecified atom stereocenters. The molecule has 0 aliphatic rings. The molecular weight excluding hydrogens is 460 g/mol. The first-order valence-corrected chi connectivity index (χ1v) is 12.4. The van der Waals surface area contributed by atoms with Crippen LogP contribution in [0.1, 0.15) is 42.1 Å². The molecule has 0 amide bonds. The minimum Gasteiger partial charge on any atom is -0.496 e. The lowest BCUT2D eigenvalue weighted by Crippen LogP contribution is -2.21. The Bertz CT molecular complexity index is 1670. The Morgan fingerprint density at radius 1 is 0.973 bits per heavy atom. The Hall–Kier alpha value is -4.45. The van der Waals surface area contributed by atoms with E-state index in [1.807, 2.05) is 54.1 Å². The smallest absolute Gasteiger partial charge is 0.282 e. The molecule has 0 aliphatic heterocycles. The molecule has 0 bridgehead atoms. The van der Waals surface area contributed by atoms with E-state index in [2.05, 4.69) is 51.1 Å². The standard InChI is InChI=1S/C31H30N4O2/c1-20(2)26-18-27(22(4)17-29(26)37-5)30-33-28-11-7-6-10-25(28)31(36)35(30)32-19-24-9-8-16-34(24)23-14-12-21(3)13-15-23/h6-20H,1-5H3. The first-order chi connectivity index (χ1) is 17.9. The zero-order valence-corrected chi connectivity index (χ0v) is 21.8. The zero-order valence-electron chi connectivity index (χ0n) is 21.8. The number of ether oxygens (including phenoxy) is 1. The Morgan fingerprint density at radius 2 is 1.73 bits per heavy atom. The summed E-state index contributed by atoms with van der Waals surface area (Å²) in [5, 5.41) is 5.22. The number of benzene rings is 3. The fourth-order valence-corrected chi connectivity index (χ4v) is 4.53. The molecule has 2 aromatic heterocycles. The SMILES string of the molecule is COc1cc(C)c(-c2nc3ccccc3c(=O)n2N=Cc2cccn2-c2ccc(C)cc2)cc1C(C)C. The van der Waals surface area contributed by atoms with Crippen LogP contribution < -0.4 is 10.3 Å². The van der Waals surface area contributed by atoms with Crippen LogP contribution in [0.4, 0.5) is 0 Å². The Labute approximate surface area is 216 Å². The molecule has 6 heteroatoms. The first kappa shape index (κ1) is 24.3. The van der Waals surface area contributed by atoms with Crippen molar-refractivity contribution in [3.63, 3.8) is 0 Å². The molecule has 37 heavy (non-hydrogen) atoms. The van der Waals surface area contributed by atoms with Gasteiger partial charge in [-0.1, -0.05) is 43.7 Å². The van der Waals surface area contributed by atoms with Gasteiger partial charge in [0.05, 0.1) is 29.9 Å². The fraction of sp³-hybridized carbons (Fsp3) is 0.194. The third-order valence-electron chi connectivity index (χ3n) is 6.59. The number of methoxy groups -OCH3 is 1. The molecule has 0 radical (unpaired) electrons. The second-order valence-electron chi connectivity index (χ2n) is 9.52. The highest BCUT2D eigenvalue weighted by atomic mass is 16.5. The highest BCUT2D eigenvalue weighted by molar-refractivity contribution is 5.82. The number of aryl methyl sites for hydroxylation is 2. The van der Waals surface area contributed by atoms with Gasteiger partial charge in [0.25, 0.3) is 5.56 Å². The summed E-state index contributed by atoms with van der Waals surface area (Å²) < 4.78 is 9.09. The van der Waals surface area contributed by atoms with Crippen molar-refractivity contribution in [3.8, 4) is 22.8 Å². The van der Waals surface area contributed by atoms with Crippen molar-refractivity contribution in [1.82, 2.24) is 14.2 Å². The van der Waals surface area contributed by atoms with E-state index in [1.165, 1.54) is 10.2 Å². The minimum absolute atomic E-state index is 0.216. The average Bonchev–Trinajstić information content (AvgIpc) is 3.36. The van der Waals surface area contributed by atoms with E-state index in [0.717, 1.165) is 33.8 Å². The summed E-state index contributed by atoms with van der Waals surface area (Å²) in [6.45, 7) is 8.30. The lowest BCUT2D eigenvalue weighted by atomic mass is 9.96. The van der Waals surface area contributed by atoms with Gasteiger partial charge in [-0.15, -0.1) is 0 Å². The molecule has 0 atom stereocenters. The Balaban J connectivity index is 1.71. The molecule has 0 N–H and O–H groups in total. The fourth-order valence-electron chi connectivity index (χ4n) is 4.53. The number of hydrogen-bond acceptors (Lipinski definition) is 4. The van der Waals surface area contributed by atoms with Crippen LogP contribution in [-0.2, 0) is 0 Å². The van der Waals surface area contributed by atoms with Gasteiger partial charge in [-0.3, -0.25) is 4.79 Å². The number of nitrogens with zero attached hydrogens (tertiary/aromatic N) is 4. The molecule has 0 spiro atoms. The predicted octanol–water partition coefficient (Wildman–Crippen LogP) is 6.49. The maximum Gasteiger partial charge on any atom is 0.282 e. The molecule has 0 fully saturated rings. The van der Waals surface area contributed by atoms with Crippen molar-refractivity contribution in [3.05, 3.63) is 112 Å². The van der Waals surface area contributed by atoms with Crippen molar-refractivity contribution < 1.29 is 4.74 Å². The molecule has 5 aromatic rings. The van der Waals surface area contributed by atoms with Crippen LogP contribution in [0.5, 0.6) is 5.75 Å². The van der Waals surface area contributed by atoms with Gasteiger partial charge < -0.3 is 9.30 Å². The molecule has 0 saturated carbocycles. The average molecular weight is 491 g/mol. The maximum atomic E-state index is 13.7. The van der Waals surface area contributed by atoms with Gasteiger partial charge in [0.1, 0.15) is 5.75 Å². The molecule has 186 valence electrons. The summed E-state index contributed by atoms with van der Waals surface area (Å²) in [7, 11) is 1.68. The van der Waals surface area contributed by atoms with Crippen molar-refractivity contribution in [2.75, 3.05) is 7.11 Å². The third-order valence-corrected chi connectivity index (χ3v) is 6.59. The number of hydrogen-bond donors (Lipinski definition) is 0. The summed E-state index contributed by atoms with van der Waals surface area (Å²) in [5.41, 5.74) is 6.34. The van der Waals surface area contributed by atoms with Crippen LogP contribution in [0.15, 0.2) is 88.9 Å². The van der Waals surface area contributed by atoms with E-state index in [1.54, 1.807) is 19.4 Å². The number of para-hydroxylation sites is 1. The largest absolute Gasteiger partial charge is 0.496 e. The van der Waals surface area contributed by atoms with Gasteiger partial charge in [-0.25, -0.2) is 4.98 Å². The lowest BCUT2D eigenvalue weighted by molar-refractivity contribution is 0.407. The van der Waals surface area contributed by atoms with Crippen LogP contribution in [0.2, 0.25) is 0 Å². The van der Waals surface area contributed by atoms with Crippen molar-refractivity contribution in [2.45, 2.75) is 33.6 Å². The number of aromatic nitrogens is 3. The van der Waals surface area contributed by atoms with Gasteiger partial charge in [0, 0.05) is 17.4 Å². The van der Waals surface area contributed by atoms with Crippen LogP contribution in [0.25, 0.3) is 28.0 Å². The summed E-state index contributed by atoms with van der Waals surface area (Å²) in [6, 6.07) is 23.7. The molecule has 5 rings (SSSR count). The highest BCUT2D eigenvalue weighted by Gasteiger charge is 2.18. The van der Waals surface area contributed by atoms with E-state index < -0.39 is 0 Å². The second-order valence-corrected chi connectivity index (χ2v) is 9.52. The van der Waals surface area contributed by atoms with E-state index >= 15 is 0 Å². The first-order valence-electron chi connectivity index (χ1n) is 12.4. The van der Waals surface area contributed by atoms with Crippen LogP contribution in [0.3, 0.4) is 0 Å². The quantitative estimate of drug-likeness (QED) is 0.256. The maximum absolute atomic E-state index is 13.7. The topological polar surface area (TPSA) is 61.4 Å². The summed E-state index contributed by atoms with van der Waals surface area (Å²) in [4.78, 5) is 18.6. The molecule has 2 heterocycles. The number of fused-ring (bicyclic) bond motifs is 1. The van der Waals surface area contributed by atoms with Gasteiger partial charge in [-0.05, 0) is 79.4 Å². The van der Waals surface area contributed by atoms with Gasteiger partial charge in [-0.2, -0.15) is 9.78 Å². The van der Waals surface area contributed by atoms with Crippen LogP contribution >= 0.6 is 0 Å². The van der Waals surface area contributed by atoms with Crippen LogP contribution in [-0.4, -0.2) is 27.6 Å². The van der Waals surface area contributed by atoms with E-state index in [9.17, 15) is 4.79 Å². The van der Waals surface area contributed by atoms with Crippen LogP contribution in [0, 0.1) is 13.8 Å². The molecule has 0 aliphatic carbocycles. The highest BCUT2D eigenvalue weighted by Crippen LogP contribution is 2.34. The molecule has 0 saturated heterocycles. The Kier molecular flexibility index (Phi) is 6.49. The zero-order chi connectivity index (χ0) is 26.1.